The number of carbonyl (C=O) groups excluding carboxylic acids is 2. The molecule has 0 unspecified atom stereocenters. The fourth-order valence-electron chi connectivity index (χ4n) is 2.56. The third-order valence-corrected chi connectivity index (χ3v) is 6.24. The first kappa shape index (κ1) is 23.6. The summed E-state index contributed by atoms with van der Waals surface area (Å²) in [5, 5.41) is 14.2. The smallest absolute Gasteiger partial charge is 0.257 e. The van der Waals surface area contributed by atoms with Gasteiger partial charge in [0.1, 0.15) is 5.75 Å². The summed E-state index contributed by atoms with van der Waals surface area (Å²) in [7, 11) is 4.52. The zero-order valence-corrected chi connectivity index (χ0v) is 19.7. The van der Waals surface area contributed by atoms with Gasteiger partial charge in [-0.15, -0.1) is 10.2 Å². The molecule has 32 heavy (non-hydrogen) atoms. The molecule has 2 amide bonds. The summed E-state index contributed by atoms with van der Waals surface area (Å²) >= 11 is 8.32. The molecule has 2 N–H and O–H groups in total. The zero-order chi connectivity index (χ0) is 23.1. The molecule has 0 atom stereocenters. The number of thioether (sulfide) groups is 1. The standard InChI is InChI=1S/C20H19ClN4O5S2/c1-28-14-7-5-12(21)9-13(14)22-17(26)10-31-20-25-24-19(32-20)23-18(27)11-4-6-15(29-2)16(8-11)30-3/h4-9H,10H2,1-3H3,(H,22,26)(H,23,24,27). The van der Waals surface area contributed by atoms with Crippen LogP contribution in [-0.4, -0.2) is 49.1 Å². The Bertz CT molecular complexity index is 1130. The molecular formula is C20H19ClN4O5S2. The molecule has 0 saturated carbocycles. The van der Waals surface area contributed by atoms with Crippen LogP contribution in [-0.2, 0) is 4.79 Å². The van der Waals surface area contributed by atoms with E-state index < -0.39 is 0 Å². The molecule has 2 aromatic carbocycles. The lowest BCUT2D eigenvalue weighted by atomic mass is 10.2. The molecule has 0 spiro atoms. The van der Waals surface area contributed by atoms with Gasteiger partial charge < -0.3 is 19.5 Å². The minimum absolute atomic E-state index is 0.0912. The Kier molecular flexibility index (Phi) is 8.14. The number of benzene rings is 2. The number of hydrogen-bond donors (Lipinski definition) is 2. The van der Waals surface area contributed by atoms with Crippen molar-refractivity contribution in [1.29, 1.82) is 0 Å². The van der Waals surface area contributed by atoms with Gasteiger partial charge in [0.2, 0.25) is 11.0 Å². The molecule has 0 bridgehead atoms. The van der Waals surface area contributed by atoms with E-state index in [4.69, 9.17) is 25.8 Å². The minimum Gasteiger partial charge on any atom is -0.495 e. The first-order valence-electron chi connectivity index (χ1n) is 9.06. The maximum Gasteiger partial charge on any atom is 0.257 e. The highest BCUT2D eigenvalue weighted by molar-refractivity contribution is 8.01. The maximum atomic E-state index is 12.5. The quantitative estimate of drug-likeness (QED) is 0.336. The van der Waals surface area contributed by atoms with Crippen LogP contribution in [0.2, 0.25) is 5.02 Å². The number of nitrogens with zero attached hydrogens (tertiary/aromatic N) is 2. The molecular weight excluding hydrogens is 476 g/mol. The zero-order valence-electron chi connectivity index (χ0n) is 17.3. The largest absolute Gasteiger partial charge is 0.495 e. The van der Waals surface area contributed by atoms with Crippen LogP contribution in [0.1, 0.15) is 10.4 Å². The van der Waals surface area contributed by atoms with Gasteiger partial charge in [0.05, 0.1) is 32.8 Å². The molecule has 1 heterocycles. The molecule has 168 valence electrons. The van der Waals surface area contributed by atoms with E-state index in [2.05, 4.69) is 20.8 Å². The van der Waals surface area contributed by atoms with E-state index in [1.165, 1.54) is 33.1 Å². The second-order valence-electron chi connectivity index (χ2n) is 6.08. The van der Waals surface area contributed by atoms with Gasteiger partial charge in [0.25, 0.3) is 5.91 Å². The number of ether oxygens (including phenoxy) is 3. The van der Waals surface area contributed by atoms with Crippen molar-refractivity contribution in [3.8, 4) is 17.2 Å². The number of rotatable bonds is 9. The second kappa shape index (κ2) is 11.0. The van der Waals surface area contributed by atoms with Gasteiger partial charge in [-0.1, -0.05) is 34.7 Å². The molecule has 0 saturated heterocycles. The summed E-state index contributed by atoms with van der Waals surface area (Å²) in [4.78, 5) is 24.8. The highest BCUT2D eigenvalue weighted by Crippen LogP contribution is 2.30. The van der Waals surface area contributed by atoms with Crippen molar-refractivity contribution < 1.29 is 23.8 Å². The fraction of sp³-hybridized carbons (Fsp3) is 0.200. The Hall–Kier alpha value is -3.02. The number of anilines is 2. The average molecular weight is 495 g/mol. The first-order chi connectivity index (χ1) is 15.4. The number of methoxy groups -OCH3 is 3. The Morgan fingerprint density at radius 1 is 0.969 bits per heavy atom. The molecule has 0 aliphatic heterocycles. The molecule has 0 fully saturated rings. The Labute approximate surface area is 197 Å². The van der Waals surface area contributed by atoms with Crippen LogP contribution in [0, 0.1) is 0 Å². The lowest BCUT2D eigenvalue weighted by molar-refractivity contribution is -0.113. The van der Waals surface area contributed by atoms with E-state index >= 15 is 0 Å². The number of halogens is 1. The van der Waals surface area contributed by atoms with Gasteiger partial charge in [-0.2, -0.15) is 0 Å². The van der Waals surface area contributed by atoms with Gasteiger partial charge in [0, 0.05) is 10.6 Å². The van der Waals surface area contributed by atoms with E-state index in [-0.39, 0.29) is 17.6 Å². The van der Waals surface area contributed by atoms with E-state index in [1.54, 1.807) is 36.4 Å². The summed E-state index contributed by atoms with van der Waals surface area (Å²) in [6.07, 6.45) is 0. The van der Waals surface area contributed by atoms with Crippen LogP contribution in [0.5, 0.6) is 17.2 Å². The molecule has 0 radical (unpaired) electrons. The van der Waals surface area contributed by atoms with Crippen LogP contribution in [0.4, 0.5) is 10.8 Å². The Morgan fingerprint density at radius 3 is 2.41 bits per heavy atom. The van der Waals surface area contributed by atoms with Crippen molar-refractivity contribution >= 4 is 57.3 Å². The van der Waals surface area contributed by atoms with Gasteiger partial charge >= 0.3 is 0 Å². The molecule has 9 nitrogen and oxygen atoms in total. The maximum absolute atomic E-state index is 12.5. The Balaban J connectivity index is 1.56. The van der Waals surface area contributed by atoms with Crippen LogP contribution >= 0.6 is 34.7 Å². The SMILES string of the molecule is COc1ccc(Cl)cc1NC(=O)CSc1nnc(NC(=O)c2ccc(OC)c(OC)c2)s1. The first-order valence-corrected chi connectivity index (χ1v) is 11.2. The third kappa shape index (κ3) is 6.02. The van der Waals surface area contributed by atoms with Gasteiger partial charge in [0.15, 0.2) is 15.8 Å². The molecule has 3 aromatic rings. The van der Waals surface area contributed by atoms with Gasteiger partial charge in [-0.05, 0) is 36.4 Å². The monoisotopic (exact) mass is 494 g/mol. The topological polar surface area (TPSA) is 112 Å². The van der Waals surface area contributed by atoms with Crippen LogP contribution in [0.3, 0.4) is 0 Å². The molecule has 1 aromatic heterocycles. The van der Waals surface area contributed by atoms with Crippen molar-refractivity contribution in [2.75, 3.05) is 37.7 Å². The summed E-state index contributed by atoms with van der Waals surface area (Å²) in [6, 6.07) is 9.77. The van der Waals surface area contributed by atoms with Crippen molar-refractivity contribution in [2.24, 2.45) is 0 Å². The van der Waals surface area contributed by atoms with Crippen molar-refractivity contribution in [3.63, 3.8) is 0 Å². The number of aromatic nitrogens is 2. The third-order valence-electron chi connectivity index (χ3n) is 4.04. The van der Waals surface area contributed by atoms with E-state index in [0.29, 0.717) is 43.0 Å². The van der Waals surface area contributed by atoms with Gasteiger partial charge in [-0.3, -0.25) is 14.9 Å². The number of amides is 2. The number of nitrogens with one attached hydrogen (secondary N) is 2. The predicted octanol–water partition coefficient (Wildman–Crippen LogP) is 4.20. The second-order valence-corrected chi connectivity index (χ2v) is 8.71. The van der Waals surface area contributed by atoms with Gasteiger partial charge in [-0.25, -0.2) is 0 Å². The van der Waals surface area contributed by atoms with Crippen molar-refractivity contribution in [2.45, 2.75) is 4.34 Å². The summed E-state index contributed by atoms with van der Waals surface area (Å²) in [5.74, 6) is 0.923. The average Bonchev–Trinajstić information content (AvgIpc) is 3.24. The fourth-order valence-corrected chi connectivity index (χ4v) is 4.28. The number of carbonyl (C=O) groups is 2. The number of hydrogen-bond acceptors (Lipinski definition) is 9. The highest BCUT2D eigenvalue weighted by atomic mass is 35.5. The van der Waals surface area contributed by atoms with E-state index in [1.807, 2.05) is 0 Å². The summed E-state index contributed by atoms with van der Waals surface area (Å²) in [5.41, 5.74) is 0.854. The normalized spacial score (nSPS) is 10.4. The Morgan fingerprint density at radius 2 is 1.69 bits per heavy atom. The molecule has 0 aliphatic rings. The summed E-state index contributed by atoms with van der Waals surface area (Å²) < 4.78 is 16.1. The minimum atomic E-state index is -0.371. The van der Waals surface area contributed by atoms with E-state index in [9.17, 15) is 9.59 Å². The van der Waals surface area contributed by atoms with Crippen molar-refractivity contribution in [3.05, 3.63) is 47.0 Å². The van der Waals surface area contributed by atoms with Crippen molar-refractivity contribution in [1.82, 2.24) is 10.2 Å². The van der Waals surface area contributed by atoms with Crippen LogP contribution in [0.15, 0.2) is 40.7 Å². The predicted molar refractivity (Wildman–Crippen MR) is 125 cm³/mol. The molecule has 3 rings (SSSR count). The molecule has 0 aliphatic carbocycles. The lowest BCUT2D eigenvalue weighted by Gasteiger charge is -2.10. The van der Waals surface area contributed by atoms with E-state index in [0.717, 1.165) is 11.3 Å². The van der Waals surface area contributed by atoms with Crippen LogP contribution in [0.25, 0.3) is 0 Å². The summed E-state index contributed by atoms with van der Waals surface area (Å²) in [6.45, 7) is 0. The lowest BCUT2D eigenvalue weighted by Crippen LogP contribution is -2.14. The van der Waals surface area contributed by atoms with Crippen LogP contribution < -0.4 is 24.8 Å². The highest BCUT2D eigenvalue weighted by Gasteiger charge is 2.15. The molecule has 12 heteroatoms.